The Labute approximate surface area is 160 Å². The maximum absolute atomic E-state index is 12.3. The molecule has 0 aliphatic carbocycles. The van der Waals surface area contributed by atoms with Gasteiger partial charge >= 0.3 is 0 Å². The molecule has 1 heterocycles. The Hall–Kier alpha value is -1.76. The third-order valence-electron chi connectivity index (χ3n) is 4.55. The minimum absolute atomic E-state index is 0.0869. The molecule has 140 valence electrons. The van der Waals surface area contributed by atoms with Gasteiger partial charge < -0.3 is 9.64 Å². The summed E-state index contributed by atoms with van der Waals surface area (Å²) in [5.41, 5.74) is 2.36. The van der Waals surface area contributed by atoms with Crippen LogP contribution in [0.2, 0.25) is 5.02 Å². The van der Waals surface area contributed by atoms with Crippen LogP contribution in [-0.2, 0) is 20.5 Å². The van der Waals surface area contributed by atoms with Gasteiger partial charge in [0.2, 0.25) is 10.0 Å². The summed E-state index contributed by atoms with van der Waals surface area (Å²) in [5.74, 6) is -0.0869. The number of hydrogen-bond acceptors (Lipinski definition) is 4. The van der Waals surface area contributed by atoms with Gasteiger partial charge in [-0.15, -0.1) is 0 Å². The van der Waals surface area contributed by atoms with E-state index in [1.165, 1.54) is 0 Å². The number of ether oxygens (including phenoxy) is 1. The molecule has 1 aliphatic heterocycles. The number of piperidine rings is 1. The number of rotatable bonds is 6. The molecule has 5 nitrogen and oxygen atoms in total. The number of sulfonamides is 1. The lowest BCUT2D eigenvalue weighted by atomic mass is 10.1. The highest BCUT2D eigenvalue weighted by Crippen LogP contribution is 2.23. The monoisotopic (exact) mass is 394 g/mol. The molecule has 7 heteroatoms. The summed E-state index contributed by atoms with van der Waals surface area (Å²) in [7, 11) is -1.72. The van der Waals surface area contributed by atoms with E-state index in [4.69, 9.17) is 16.3 Å². The smallest absolute Gasteiger partial charge is 0.236 e. The highest BCUT2D eigenvalue weighted by molar-refractivity contribution is 7.91. The number of hydrogen-bond donors (Lipinski definition) is 1. The van der Waals surface area contributed by atoms with Gasteiger partial charge in [0.05, 0.1) is 11.9 Å². The summed E-state index contributed by atoms with van der Waals surface area (Å²) in [6.45, 7) is 1.89. The van der Waals surface area contributed by atoms with Crippen molar-refractivity contribution in [2.24, 2.45) is 0 Å². The van der Waals surface area contributed by atoms with Crippen molar-refractivity contribution >= 4 is 33.0 Å². The number of halogens is 1. The largest absolute Gasteiger partial charge is 0.381 e. The molecule has 1 N–H and O–H groups in total. The first-order valence-corrected chi connectivity index (χ1v) is 10.6. The average Bonchev–Trinajstić information content (AvgIpc) is 2.64. The SMILES string of the molecule is COC1CCN(c2ccc(NS(=O)(=O)Cc3ccc(Cl)cc3)cc2)CC1. The molecule has 2 aromatic rings. The lowest BCUT2D eigenvalue weighted by Gasteiger charge is -2.33. The van der Waals surface area contributed by atoms with E-state index in [-0.39, 0.29) is 5.75 Å². The molecular weight excluding hydrogens is 372 g/mol. The van der Waals surface area contributed by atoms with Crippen molar-refractivity contribution in [1.29, 1.82) is 0 Å². The second-order valence-corrected chi connectivity index (χ2v) is 8.62. The van der Waals surface area contributed by atoms with E-state index < -0.39 is 10.0 Å². The van der Waals surface area contributed by atoms with Gasteiger partial charge in [0, 0.05) is 36.6 Å². The van der Waals surface area contributed by atoms with Gasteiger partial charge in [0.1, 0.15) is 0 Å². The van der Waals surface area contributed by atoms with Crippen LogP contribution in [0.15, 0.2) is 48.5 Å². The Morgan fingerprint density at radius 1 is 1.08 bits per heavy atom. The standard InChI is InChI=1S/C19H23ClN2O3S/c1-25-19-10-12-22(13-11-19)18-8-6-17(7-9-18)21-26(23,24)14-15-2-4-16(20)5-3-15/h2-9,19,21H,10-14H2,1H3. The van der Waals surface area contributed by atoms with Crippen LogP contribution < -0.4 is 9.62 Å². The minimum Gasteiger partial charge on any atom is -0.381 e. The maximum atomic E-state index is 12.3. The number of nitrogens with one attached hydrogen (secondary N) is 1. The van der Waals surface area contributed by atoms with E-state index in [1.807, 2.05) is 12.1 Å². The summed E-state index contributed by atoms with van der Waals surface area (Å²) in [4.78, 5) is 2.29. The Balaban J connectivity index is 1.60. The van der Waals surface area contributed by atoms with Gasteiger partial charge in [0.15, 0.2) is 0 Å². The Bertz CT molecular complexity index is 815. The Morgan fingerprint density at radius 2 is 1.69 bits per heavy atom. The van der Waals surface area contributed by atoms with Gasteiger partial charge in [-0.2, -0.15) is 0 Å². The number of benzene rings is 2. The van der Waals surface area contributed by atoms with Gasteiger partial charge in [-0.05, 0) is 54.8 Å². The zero-order valence-electron chi connectivity index (χ0n) is 14.7. The Kier molecular flexibility index (Phi) is 6.06. The summed E-state index contributed by atoms with van der Waals surface area (Å²) >= 11 is 5.83. The fraction of sp³-hybridized carbons (Fsp3) is 0.368. The molecule has 2 aromatic carbocycles. The van der Waals surface area contributed by atoms with Gasteiger partial charge in [-0.3, -0.25) is 4.72 Å². The molecule has 0 saturated carbocycles. The van der Waals surface area contributed by atoms with Crippen molar-refractivity contribution < 1.29 is 13.2 Å². The molecule has 0 atom stereocenters. The van der Waals surface area contributed by atoms with Crippen LogP contribution in [0.5, 0.6) is 0 Å². The van der Waals surface area contributed by atoms with Crippen molar-refractivity contribution in [3.05, 3.63) is 59.1 Å². The second-order valence-electron chi connectivity index (χ2n) is 6.46. The molecule has 1 fully saturated rings. The van der Waals surface area contributed by atoms with E-state index in [9.17, 15) is 8.42 Å². The second kappa shape index (κ2) is 8.29. The number of nitrogens with zero attached hydrogens (tertiary/aromatic N) is 1. The molecule has 0 radical (unpaired) electrons. The van der Waals surface area contributed by atoms with Crippen LogP contribution in [0.1, 0.15) is 18.4 Å². The molecule has 0 aromatic heterocycles. The van der Waals surface area contributed by atoms with E-state index in [0.29, 0.717) is 22.4 Å². The molecule has 3 rings (SSSR count). The number of methoxy groups -OCH3 is 1. The quantitative estimate of drug-likeness (QED) is 0.807. The van der Waals surface area contributed by atoms with E-state index in [1.54, 1.807) is 43.5 Å². The highest BCUT2D eigenvalue weighted by atomic mass is 35.5. The van der Waals surface area contributed by atoms with Crippen molar-refractivity contribution in [3.63, 3.8) is 0 Å². The predicted octanol–water partition coefficient (Wildman–Crippen LogP) is 3.90. The first-order chi connectivity index (χ1) is 12.4. The van der Waals surface area contributed by atoms with Crippen LogP contribution in [0.25, 0.3) is 0 Å². The first kappa shape index (κ1) is 19.0. The molecule has 0 unspecified atom stereocenters. The molecule has 0 spiro atoms. The molecule has 1 saturated heterocycles. The zero-order valence-corrected chi connectivity index (χ0v) is 16.3. The maximum Gasteiger partial charge on any atom is 0.236 e. The van der Waals surface area contributed by atoms with Crippen molar-refractivity contribution in [3.8, 4) is 0 Å². The van der Waals surface area contributed by atoms with E-state index in [0.717, 1.165) is 31.6 Å². The fourth-order valence-corrected chi connectivity index (χ4v) is 4.43. The Morgan fingerprint density at radius 3 is 2.27 bits per heavy atom. The predicted molar refractivity (Wildman–Crippen MR) is 106 cm³/mol. The summed E-state index contributed by atoms with van der Waals surface area (Å²) in [5, 5.41) is 0.587. The first-order valence-electron chi connectivity index (χ1n) is 8.58. The van der Waals surface area contributed by atoms with E-state index in [2.05, 4.69) is 9.62 Å². The van der Waals surface area contributed by atoms with Crippen molar-refractivity contribution in [1.82, 2.24) is 0 Å². The molecule has 26 heavy (non-hydrogen) atoms. The van der Waals surface area contributed by atoms with Crippen LogP contribution in [0.3, 0.4) is 0 Å². The summed E-state index contributed by atoms with van der Waals surface area (Å²) in [6.07, 6.45) is 2.35. The lowest BCUT2D eigenvalue weighted by molar-refractivity contribution is 0.0819. The fourth-order valence-electron chi connectivity index (χ4n) is 3.11. The lowest BCUT2D eigenvalue weighted by Crippen LogP contribution is -2.36. The molecular formula is C19H23ClN2O3S. The normalized spacial score (nSPS) is 15.8. The van der Waals surface area contributed by atoms with Gasteiger partial charge in [0.25, 0.3) is 0 Å². The van der Waals surface area contributed by atoms with Crippen molar-refractivity contribution in [2.45, 2.75) is 24.7 Å². The molecule has 0 bridgehead atoms. The topological polar surface area (TPSA) is 58.6 Å². The zero-order chi connectivity index (χ0) is 18.6. The number of anilines is 2. The summed E-state index contributed by atoms with van der Waals surface area (Å²) in [6, 6.07) is 14.3. The van der Waals surface area contributed by atoms with Gasteiger partial charge in [-0.1, -0.05) is 23.7 Å². The van der Waals surface area contributed by atoms with Crippen LogP contribution in [0.4, 0.5) is 11.4 Å². The summed E-state index contributed by atoms with van der Waals surface area (Å²) < 4.78 is 32.7. The van der Waals surface area contributed by atoms with Crippen molar-refractivity contribution in [2.75, 3.05) is 29.8 Å². The third kappa shape index (κ3) is 5.13. The van der Waals surface area contributed by atoms with Crippen LogP contribution in [0, 0.1) is 0 Å². The minimum atomic E-state index is -3.47. The highest BCUT2D eigenvalue weighted by Gasteiger charge is 2.19. The van der Waals surface area contributed by atoms with Crippen LogP contribution in [-0.4, -0.2) is 34.7 Å². The molecule has 0 amide bonds. The van der Waals surface area contributed by atoms with Crippen LogP contribution >= 0.6 is 11.6 Å². The van der Waals surface area contributed by atoms with Gasteiger partial charge in [-0.25, -0.2) is 8.42 Å². The third-order valence-corrected chi connectivity index (χ3v) is 6.06. The molecule has 1 aliphatic rings. The van der Waals surface area contributed by atoms with E-state index >= 15 is 0 Å². The average molecular weight is 395 g/mol.